The van der Waals surface area contributed by atoms with E-state index < -0.39 is 161 Å². The van der Waals surface area contributed by atoms with E-state index in [0.29, 0.717) is 11.4 Å². The normalized spacial score (nSPS) is 20.5. The van der Waals surface area contributed by atoms with Gasteiger partial charge in [0, 0.05) is 68.4 Å². The lowest BCUT2D eigenvalue weighted by atomic mass is 9.83. The summed E-state index contributed by atoms with van der Waals surface area (Å²) in [6.07, 6.45) is -2.43. The van der Waals surface area contributed by atoms with Crippen molar-refractivity contribution in [3.05, 3.63) is 74.7 Å². The zero-order chi connectivity index (χ0) is 70.0. The molecule has 1 aliphatic carbocycles. The number of thioether (sulfide) groups is 1. The topological polar surface area (TPSA) is 568 Å². The summed E-state index contributed by atoms with van der Waals surface area (Å²) in [4.78, 5) is 206. The van der Waals surface area contributed by atoms with Gasteiger partial charge in [0.1, 0.15) is 36.8 Å². The molecule has 0 radical (unpaired) electrons. The van der Waals surface area contributed by atoms with E-state index in [1.54, 1.807) is 4.90 Å². The number of nitrogen functional groups attached to an aromatic ring is 1. The van der Waals surface area contributed by atoms with Crippen molar-refractivity contribution in [1.29, 1.82) is 0 Å². The summed E-state index contributed by atoms with van der Waals surface area (Å²) >= 11 is 0.910. The number of benzene rings is 1. The number of ketones is 2. The Bertz CT molecular complexity index is 3820. The Balaban J connectivity index is 0.809. The zero-order valence-electron chi connectivity index (χ0n) is 51.9. The van der Waals surface area contributed by atoms with E-state index in [-0.39, 0.29) is 128 Å². The molecule has 0 saturated carbocycles. The van der Waals surface area contributed by atoms with Crippen LogP contribution in [0, 0.1) is 5.92 Å². The number of Topliss-reactive ketones (excluding diaryl/α,β-unsaturated/α-hetero) is 2. The standard InChI is InChI=1S/C58H71N17O20S/c1-25-43(81)42-40(44(82)45(25)93-2)29(24-95-57(62)92)58(94-3)46-34(23-74(42)58)75(46)37(77)8-6-17-73-38(78)20-35(52(73)87)96-18-15-32(54(90)91)69-50(85)33(19-39(79)80)70-49(84)30(7-4-5-16-63-55(59)60)67-36(76)14-13-31(53(88)89)68-48(83)26-9-11-27(12-10-26)64-21-28-22-65-47-41(66-28)51(86)72-56(61)71-47/h9-12,22,29-35,46,64H,4-8,13-21,23-24H2,1-3H3,(H2,62,92)(H,67,76)(H,68,83)(H,69,85)(H,70,84)(H,79,80)(H,88,89)(H,90,91)(H4,59,60,63)(H3,61,65,71,72,86)/t29-,30+,31+,32+,33+,34+,35?,46+,58-,75?/m0/s1. The number of aliphatic imine (C=N–C) groups is 1. The number of carboxylic acid groups (broad SMARTS) is 3. The molecule has 3 fully saturated rings. The molecule has 5 aliphatic rings. The highest BCUT2D eigenvalue weighted by Gasteiger charge is 2.77. The number of methoxy groups -OCH3 is 2. The smallest absolute Gasteiger partial charge is 0.404 e. The van der Waals surface area contributed by atoms with Crippen LogP contribution in [0.2, 0.25) is 0 Å². The van der Waals surface area contributed by atoms with Crippen molar-refractivity contribution in [3.63, 3.8) is 0 Å². The average molecular weight is 1360 g/mol. The van der Waals surface area contributed by atoms with Gasteiger partial charge >= 0.3 is 24.0 Å². The first kappa shape index (κ1) is 71.1. The first-order valence-corrected chi connectivity index (χ1v) is 31.0. The minimum atomic E-state index is -1.93. The summed E-state index contributed by atoms with van der Waals surface area (Å²) in [5.41, 5.74) is 20.6. The quantitative estimate of drug-likeness (QED) is 0.00694. The third-order valence-corrected chi connectivity index (χ3v) is 17.9. The van der Waals surface area contributed by atoms with E-state index in [1.165, 1.54) is 56.5 Å². The van der Waals surface area contributed by atoms with E-state index >= 15 is 0 Å². The maximum Gasteiger partial charge on any atom is 0.404 e. The van der Waals surface area contributed by atoms with Gasteiger partial charge in [-0.25, -0.2) is 24.4 Å². The van der Waals surface area contributed by atoms with E-state index in [2.05, 4.69) is 51.5 Å². The van der Waals surface area contributed by atoms with Crippen LogP contribution in [0.5, 0.6) is 0 Å². The van der Waals surface area contributed by atoms with Crippen LogP contribution in [0.3, 0.4) is 0 Å². The fourth-order valence-corrected chi connectivity index (χ4v) is 13.2. The SMILES string of the molecule is COC1=C(C)C(=O)C2=C(C1=O)[C@H](COC(N)=O)[C@]1(OC)[C@H]3[C@@H](CN21)N3C(=O)CCCN1C(=O)CC(SCC[C@@H](NC(=O)[C@@H](CC(=O)O)NC(=O)[C@@H](CCCCN=C(N)N)NC(=O)CC[C@@H](NC(=O)c2ccc(NCc3cnc4nc(N)[nH]c(=O)c4n3)cc2)C(=O)O)C(=O)O)C1=O. The molecule has 4 aliphatic heterocycles. The molecule has 1 aromatic carbocycles. The largest absolute Gasteiger partial charge is 0.492 e. The molecule has 9 atom stereocenters. The number of ether oxygens (including phenoxy) is 3. The number of likely N-dealkylation sites (tertiary alicyclic amines) is 1. The number of primary amides is 1. The minimum Gasteiger partial charge on any atom is -0.492 e. The number of piperazine rings is 1. The fourth-order valence-electron chi connectivity index (χ4n) is 12.0. The number of rotatable bonds is 34. The molecule has 3 aromatic rings. The van der Waals surface area contributed by atoms with Crippen molar-refractivity contribution in [2.45, 2.75) is 125 Å². The van der Waals surface area contributed by atoms with Gasteiger partial charge in [-0.2, -0.15) is 4.98 Å². The van der Waals surface area contributed by atoms with Crippen molar-refractivity contribution in [3.8, 4) is 0 Å². The first-order chi connectivity index (χ1) is 45.6. The minimum absolute atomic E-state index is 0.00892. The number of carbonyl (C=O) groups excluding carboxylic acids is 10. The van der Waals surface area contributed by atoms with Crippen LogP contribution in [0.1, 0.15) is 87.2 Å². The van der Waals surface area contributed by atoms with Crippen molar-refractivity contribution in [2.75, 3.05) is 57.3 Å². The Hall–Kier alpha value is -10.8. The van der Waals surface area contributed by atoms with Crippen LogP contribution in [0.15, 0.2) is 62.9 Å². The number of hydrogen-bond acceptors (Lipinski definition) is 25. The van der Waals surface area contributed by atoms with Crippen molar-refractivity contribution in [2.24, 2.45) is 28.1 Å². The van der Waals surface area contributed by atoms with Crippen LogP contribution >= 0.6 is 11.8 Å². The van der Waals surface area contributed by atoms with Gasteiger partial charge in [-0.15, -0.1) is 11.8 Å². The van der Waals surface area contributed by atoms with Gasteiger partial charge in [-0.1, -0.05) is 0 Å². The number of aromatic nitrogens is 4. The number of nitrogens with two attached hydrogens (primary N) is 4. The van der Waals surface area contributed by atoms with Crippen molar-refractivity contribution >= 4 is 117 Å². The van der Waals surface area contributed by atoms with Gasteiger partial charge in [0.05, 0.1) is 54.9 Å². The molecule has 8 amide bonds. The number of anilines is 2. The van der Waals surface area contributed by atoms with Gasteiger partial charge in [0.15, 0.2) is 28.6 Å². The van der Waals surface area contributed by atoms with Gasteiger partial charge in [0.25, 0.3) is 11.5 Å². The molecule has 2 aromatic heterocycles. The number of unbranched alkanes of at least 4 members (excludes halogenated alkanes) is 1. The Morgan fingerprint density at radius 3 is 2.18 bits per heavy atom. The summed E-state index contributed by atoms with van der Waals surface area (Å²) in [7, 11) is 2.57. The Kier molecular flexibility index (Phi) is 22.6. The number of H-pyrrole nitrogens is 1. The number of imide groups is 1. The summed E-state index contributed by atoms with van der Waals surface area (Å²) in [6, 6.07) is -2.18. The van der Waals surface area contributed by atoms with Crippen LogP contribution in [-0.4, -0.2) is 226 Å². The number of hydrogen-bond donors (Lipinski definition) is 13. The Morgan fingerprint density at radius 2 is 1.52 bits per heavy atom. The molecule has 3 saturated heterocycles. The second kappa shape index (κ2) is 30.5. The number of nitrogens with zero attached hydrogens (tertiary/aromatic N) is 7. The van der Waals surface area contributed by atoms with Crippen LogP contribution < -0.4 is 55.1 Å². The molecular formula is C58H71N17O20S. The lowest BCUT2D eigenvalue weighted by molar-refractivity contribution is -0.153. The number of allylic oxidation sites excluding steroid dienone is 2. The van der Waals surface area contributed by atoms with E-state index in [0.717, 1.165) is 16.7 Å². The number of fused-ring (bicyclic) bond motifs is 5. The molecule has 96 heavy (non-hydrogen) atoms. The molecule has 6 heterocycles. The molecule has 0 bridgehead atoms. The molecule has 17 N–H and O–H groups in total. The highest BCUT2D eigenvalue weighted by molar-refractivity contribution is 8.00. The number of amides is 8. The number of carbonyl (C=O) groups is 13. The predicted molar refractivity (Wildman–Crippen MR) is 333 cm³/mol. The van der Waals surface area contributed by atoms with Gasteiger partial charge < -0.3 is 88.8 Å². The van der Waals surface area contributed by atoms with Gasteiger partial charge in [-0.3, -0.25) is 67.6 Å². The third-order valence-electron chi connectivity index (χ3n) is 16.6. The van der Waals surface area contributed by atoms with Gasteiger partial charge in [0.2, 0.25) is 53.0 Å². The third kappa shape index (κ3) is 15.9. The lowest BCUT2D eigenvalue weighted by Gasteiger charge is -2.41. The second-order valence-corrected chi connectivity index (χ2v) is 24.1. The maximum atomic E-state index is 13.9. The number of carboxylic acids is 3. The van der Waals surface area contributed by atoms with Crippen LogP contribution in [-0.2, 0) is 73.5 Å². The molecule has 38 heteroatoms. The highest BCUT2D eigenvalue weighted by atomic mass is 32.2. The summed E-state index contributed by atoms with van der Waals surface area (Å²) in [5.74, 6) is -13.2. The first-order valence-electron chi connectivity index (χ1n) is 30.0. The highest BCUT2D eigenvalue weighted by Crippen LogP contribution is 2.60. The summed E-state index contributed by atoms with van der Waals surface area (Å²) in [5, 5.41) is 41.3. The van der Waals surface area contributed by atoms with E-state index in [9.17, 15) is 82.4 Å². The number of aliphatic carboxylic acids is 3. The number of nitrogens with one attached hydrogen (secondary N) is 6. The van der Waals surface area contributed by atoms with Crippen LogP contribution in [0.4, 0.5) is 16.4 Å². The molecule has 0 spiro atoms. The van der Waals surface area contributed by atoms with Crippen molar-refractivity contribution < 1.29 is 91.9 Å². The molecule has 37 nitrogen and oxygen atoms in total. The van der Waals surface area contributed by atoms with E-state index in [4.69, 9.17) is 37.1 Å². The summed E-state index contributed by atoms with van der Waals surface area (Å²) < 4.78 is 16.5. The second-order valence-electron chi connectivity index (χ2n) is 22.8. The monoisotopic (exact) mass is 1360 g/mol. The fraction of sp³-hybridized carbons (Fsp3) is 0.483. The molecule has 8 rings (SSSR count). The zero-order valence-corrected chi connectivity index (χ0v) is 52.8. The summed E-state index contributed by atoms with van der Waals surface area (Å²) in [6.45, 7) is 1.07. The lowest BCUT2D eigenvalue weighted by Crippen LogP contribution is -2.56. The van der Waals surface area contributed by atoms with Crippen molar-refractivity contribution in [1.82, 2.24) is 55.9 Å². The maximum absolute atomic E-state index is 13.9. The van der Waals surface area contributed by atoms with E-state index in [1.807, 2.05) is 0 Å². The van der Waals surface area contributed by atoms with Gasteiger partial charge in [-0.05, 0) is 75.5 Å². The molecule has 1 unspecified atom stereocenters. The average Bonchev–Trinajstić information content (AvgIpc) is 1.49. The Labute approximate surface area is 548 Å². The molecule has 514 valence electrons. The predicted octanol–water partition coefficient (Wildman–Crippen LogP) is -3.35. The van der Waals surface area contributed by atoms with Crippen LogP contribution in [0.25, 0.3) is 11.2 Å². The number of guanidine groups is 1. The number of aromatic amines is 1. The molecular weight excluding hydrogens is 1290 g/mol. The Morgan fingerprint density at radius 1 is 0.833 bits per heavy atom.